The molecule has 0 fully saturated rings. The van der Waals surface area contributed by atoms with Crippen molar-refractivity contribution >= 4 is 17.7 Å². The van der Waals surface area contributed by atoms with Crippen molar-refractivity contribution in [3.8, 4) is 11.5 Å². The molecule has 0 saturated carbocycles. The minimum atomic E-state index is -0.469. The summed E-state index contributed by atoms with van der Waals surface area (Å²) in [4.78, 5) is 12.2. The van der Waals surface area contributed by atoms with Crippen LogP contribution in [0.15, 0.2) is 64.2 Å². The standard InChI is InChI=1S/C20H19N3O4S/c1-13(14-7-3-2-4-8-14)21-18(24)12-28-20-23-22-19(27-20)17-11-25-15-9-5-6-10-16(15)26-17/h2-10,13,17H,11-12H2,1H3,(H,21,24)/t13-,17+/m0/s1. The summed E-state index contributed by atoms with van der Waals surface area (Å²) in [5, 5.41) is 11.3. The van der Waals surface area contributed by atoms with Crippen LogP contribution in [0.4, 0.5) is 0 Å². The average molecular weight is 397 g/mol. The Labute approximate surface area is 166 Å². The highest BCUT2D eigenvalue weighted by molar-refractivity contribution is 7.99. The lowest BCUT2D eigenvalue weighted by atomic mass is 10.1. The Morgan fingerprint density at radius 2 is 1.89 bits per heavy atom. The predicted octanol–water partition coefficient (Wildman–Crippen LogP) is 3.55. The number of nitrogens with one attached hydrogen (secondary N) is 1. The van der Waals surface area contributed by atoms with Gasteiger partial charge in [-0.05, 0) is 24.6 Å². The zero-order valence-corrected chi connectivity index (χ0v) is 16.0. The molecule has 0 aliphatic carbocycles. The number of rotatable bonds is 6. The van der Waals surface area contributed by atoms with Gasteiger partial charge in [0.1, 0.15) is 6.61 Å². The first-order valence-corrected chi connectivity index (χ1v) is 9.86. The average Bonchev–Trinajstić information content (AvgIpc) is 3.21. The molecule has 0 saturated heterocycles. The zero-order chi connectivity index (χ0) is 19.3. The third-order valence-electron chi connectivity index (χ3n) is 4.21. The Morgan fingerprint density at radius 3 is 2.71 bits per heavy atom. The van der Waals surface area contributed by atoms with Gasteiger partial charge in [0.15, 0.2) is 11.5 Å². The Hall–Kier alpha value is -3.00. The molecule has 0 radical (unpaired) electrons. The number of fused-ring (bicyclic) bond motifs is 1. The SMILES string of the molecule is C[C@H](NC(=O)CSc1nnc([C@H]2COc3ccccc3O2)o1)c1ccccc1. The predicted molar refractivity (Wildman–Crippen MR) is 103 cm³/mol. The summed E-state index contributed by atoms with van der Waals surface area (Å²) in [6.45, 7) is 2.24. The van der Waals surface area contributed by atoms with E-state index in [-0.39, 0.29) is 17.7 Å². The van der Waals surface area contributed by atoms with Gasteiger partial charge in [-0.15, -0.1) is 10.2 Å². The fourth-order valence-electron chi connectivity index (χ4n) is 2.79. The van der Waals surface area contributed by atoms with Gasteiger partial charge in [0.05, 0.1) is 11.8 Å². The van der Waals surface area contributed by atoms with Crippen molar-refractivity contribution in [2.24, 2.45) is 0 Å². The molecule has 2 aromatic carbocycles. The van der Waals surface area contributed by atoms with E-state index >= 15 is 0 Å². The molecule has 0 unspecified atom stereocenters. The highest BCUT2D eigenvalue weighted by Crippen LogP contribution is 2.35. The van der Waals surface area contributed by atoms with Crippen LogP contribution in [-0.2, 0) is 4.79 Å². The largest absolute Gasteiger partial charge is 0.485 e. The van der Waals surface area contributed by atoms with Crippen LogP contribution >= 0.6 is 11.8 Å². The van der Waals surface area contributed by atoms with Gasteiger partial charge < -0.3 is 19.2 Å². The first kappa shape index (κ1) is 18.4. The van der Waals surface area contributed by atoms with Crippen molar-refractivity contribution < 1.29 is 18.7 Å². The van der Waals surface area contributed by atoms with Crippen LogP contribution < -0.4 is 14.8 Å². The summed E-state index contributed by atoms with van der Waals surface area (Å²) in [5.41, 5.74) is 1.05. The lowest BCUT2D eigenvalue weighted by Crippen LogP contribution is -2.28. The van der Waals surface area contributed by atoms with Crippen molar-refractivity contribution in [2.45, 2.75) is 24.3 Å². The Balaban J connectivity index is 1.30. The van der Waals surface area contributed by atoms with Gasteiger partial charge in [-0.25, -0.2) is 0 Å². The van der Waals surface area contributed by atoms with E-state index in [1.54, 1.807) is 0 Å². The molecule has 1 aromatic heterocycles. The molecule has 28 heavy (non-hydrogen) atoms. The highest BCUT2D eigenvalue weighted by Gasteiger charge is 2.27. The van der Waals surface area contributed by atoms with Crippen LogP contribution in [-0.4, -0.2) is 28.5 Å². The molecule has 0 spiro atoms. The van der Waals surface area contributed by atoms with Gasteiger partial charge in [-0.1, -0.05) is 54.2 Å². The molecule has 144 valence electrons. The number of para-hydroxylation sites is 2. The van der Waals surface area contributed by atoms with Crippen LogP contribution in [0.25, 0.3) is 0 Å². The molecule has 1 amide bonds. The third-order valence-corrected chi connectivity index (χ3v) is 5.03. The van der Waals surface area contributed by atoms with Gasteiger partial charge in [0, 0.05) is 0 Å². The number of aromatic nitrogens is 2. The molecule has 7 nitrogen and oxygen atoms in total. The van der Waals surface area contributed by atoms with Gasteiger partial charge in [-0.3, -0.25) is 4.79 Å². The number of hydrogen-bond donors (Lipinski definition) is 1. The molecule has 0 bridgehead atoms. The molecule has 1 aliphatic rings. The summed E-state index contributed by atoms with van der Waals surface area (Å²) >= 11 is 1.19. The molecule has 4 rings (SSSR count). The van der Waals surface area contributed by atoms with E-state index in [1.807, 2.05) is 61.5 Å². The molecule has 8 heteroatoms. The number of amides is 1. The van der Waals surface area contributed by atoms with E-state index in [0.29, 0.717) is 29.2 Å². The molecule has 2 heterocycles. The maximum absolute atomic E-state index is 12.2. The highest BCUT2D eigenvalue weighted by atomic mass is 32.2. The second-order valence-electron chi connectivity index (χ2n) is 6.26. The topological polar surface area (TPSA) is 86.5 Å². The number of thioether (sulfide) groups is 1. The van der Waals surface area contributed by atoms with Crippen molar-refractivity contribution in [1.82, 2.24) is 15.5 Å². The van der Waals surface area contributed by atoms with E-state index in [1.165, 1.54) is 11.8 Å². The van der Waals surface area contributed by atoms with Gasteiger partial charge in [-0.2, -0.15) is 0 Å². The number of hydrogen-bond acceptors (Lipinski definition) is 7. The van der Waals surface area contributed by atoms with Crippen LogP contribution in [0.3, 0.4) is 0 Å². The minimum absolute atomic E-state index is 0.0691. The number of benzene rings is 2. The number of carbonyl (C=O) groups excluding carboxylic acids is 1. The molecule has 3 aromatic rings. The van der Waals surface area contributed by atoms with Crippen molar-refractivity contribution in [1.29, 1.82) is 0 Å². The van der Waals surface area contributed by atoms with Gasteiger partial charge in [0.25, 0.3) is 11.1 Å². The third kappa shape index (κ3) is 4.28. The van der Waals surface area contributed by atoms with Crippen LogP contribution in [0.5, 0.6) is 11.5 Å². The number of nitrogens with zero attached hydrogens (tertiary/aromatic N) is 2. The van der Waals surface area contributed by atoms with Crippen molar-refractivity contribution in [3.05, 3.63) is 66.1 Å². The molecular formula is C20H19N3O4S. The summed E-state index contributed by atoms with van der Waals surface area (Å²) in [7, 11) is 0. The lowest BCUT2D eigenvalue weighted by molar-refractivity contribution is -0.119. The second-order valence-corrected chi connectivity index (χ2v) is 7.19. The van der Waals surface area contributed by atoms with Gasteiger partial charge in [0.2, 0.25) is 12.0 Å². The van der Waals surface area contributed by atoms with Crippen LogP contribution in [0.2, 0.25) is 0 Å². The molecule has 2 atom stereocenters. The van der Waals surface area contributed by atoms with E-state index in [2.05, 4.69) is 15.5 Å². The monoisotopic (exact) mass is 397 g/mol. The first-order valence-electron chi connectivity index (χ1n) is 8.88. The second kappa shape index (κ2) is 8.35. The summed E-state index contributed by atoms with van der Waals surface area (Å²) < 4.78 is 17.1. The zero-order valence-electron chi connectivity index (χ0n) is 15.2. The number of carbonyl (C=O) groups is 1. The van der Waals surface area contributed by atoms with E-state index in [9.17, 15) is 4.79 Å². The maximum atomic E-state index is 12.2. The van der Waals surface area contributed by atoms with E-state index in [4.69, 9.17) is 13.9 Å². The van der Waals surface area contributed by atoms with Crippen molar-refractivity contribution in [3.63, 3.8) is 0 Å². The summed E-state index contributed by atoms with van der Waals surface area (Å²) in [6, 6.07) is 17.1. The van der Waals surface area contributed by atoms with Crippen LogP contribution in [0.1, 0.15) is 30.5 Å². The molecular weight excluding hydrogens is 378 g/mol. The normalized spacial score (nSPS) is 16.4. The Morgan fingerprint density at radius 1 is 1.14 bits per heavy atom. The van der Waals surface area contributed by atoms with E-state index in [0.717, 1.165) is 5.56 Å². The molecule has 1 N–H and O–H groups in total. The van der Waals surface area contributed by atoms with Crippen LogP contribution in [0, 0.1) is 0 Å². The smallest absolute Gasteiger partial charge is 0.277 e. The molecule has 1 aliphatic heterocycles. The summed E-state index contributed by atoms with van der Waals surface area (Å²) in [6.07, 6.45) is -0.469. The quantitative estimate of drug-likeness (QED) is 0.637. The fourth-order valence-corrected chi connectivity index (χ4v) is 3.37. The minimum Gasteiger partial charge on any atom is -0.485 e. The maximum Gasteiger partial charge on any atom is 0.277 e. The summed E-state index contributed by atoms with van der Waals surface area (Å²) in [5.74, 6) is 1.74. The fraction of sp³-hybridized carbons (Fsp3) is 0.250. The first-order chi connectivity index (χ1) is 13.7. The Bertz CT molecular complexity index is 947. The number of ether oxygens (including phenoxy) is 2. The van der Waals surface area contributed by atoms with E-state index < -0.39 is 6.10 Å². The lowest BCUT2D eigenvalue weighted by Gasteiger charge is -2.23. The van der Waals surface area contributed by atoms with Gasteiger partial charge >= 0.3 is 0 Å². The van der Waals surface area contributed by atoms with Crippen molar-refractivity contribution in [2.75, 3.05) is 12.4 Å². The Kier molecular flexibility index (Phi) is 5.48.